The summed E-state index contributed by atoms with van der Waals surface area (Å²) in [4.78, 5) is 23.4. The van der Waals surface area contributed by atoms with E-state index in [1.54, 1.807) is 12.3 Å². The van der Waals surface area contributed by atoms with Gasteiger partial charge in [-0.15, -0.1) is 0 Å². The molecule has 1 aromatic heterocycles. The van der Waals surface area contributed by atoms with Crippen LogP contribution in [-0.4, -0.2) is 48.2 Å². The molecule has 2 fully saturated rings. The molecule has 130 valence electrons. The Hall–Kier alpha value is -2.67. The van der Waals surface area contributed by atoms with Crippen LogP contribution in [0, 0.1) is 0 Å². The molecule has 1 amide bonds. The molecule has 1 aliphatic carbocycles. The van der Waals surface area contributed by atoms with Crippen LogP contribution in [0.1, 0.15) is 23.3 Å². The van der Waals surface area contributed by atoms with Crippen LogP contribution in [0.2, 0.25) is 0 Å². The van der Waals surface area contributed by atoms with Crippen molar-refractivity contribution in [3.8, 4) is 0 Å². The Bertz CT molecular complexity index is 757. The van der Waals surface area contributed by atoms with Crippen molar-refractivity contribution in [3.05, 3.63) is 42.2 Å². The van der Waals surface area contributed by atoms with Gasteiger partial charge in [-0.25, -0.2) is 9.97 Å². The van der Waals surface area contributed by atoms with Gasteiger partial charge in [-0.1, -0.05) is 12.1 Å². The van der Waals surface area contributed by atoms with Gasteiger partial charge >= 0.3 is 0 Å². The van der Waals surface area contributed by atoms with Gasteiger partial charge in [-0.05, 0) is 31.0 Å². The molecule has 1 aromatic carbocycles. The summed E-state index contributed by atoms with van der Waals surface area (Å²) in [6.45, 7) is 3.03. The SMILES string of the molecule is O=C(Nc1ccccc1N1CCOCC1)c1ccnc(NC2CC2)n1. The minimum absolute atomic E-state index is 0.234. The largest absolute Gasteiger partial charge is 0.378 e. The molecule has 1 saturated carbocycles. The average molecular weight is 339 g/mol. The van der Waals surface area contributed by atoms with E-state index < -0.39 is 0 Å². The minimum Gasteiger partial charge on any atom is -0.378 e. The fraction of sp³-hybridized carbons (Fsp3) is 0.389. The minimum atomic E-state index is -0.234. The highest BCUT2D eigenvalue weighted by molar-refractivity contribution is 6.04. The standard InChI is InChI=1S/C18H21N5O2/c24-17(15-7-8-19-18(22-15)20-13-5-6-13)21-14-3-1-2-4-16(14)23-9-11-25-12-10-23/h1-4,7-8,13H,5-6,9-12H2,(H,21,24)(H,19,20,22). The lowest BCUT2D eigenvalue weighted by Gasteiger charge is -2.30. The van der Waals surface area contributed by atoms with Crippen LogP contribution < -0.4 is 15.5 Å². The van der Waals surface area contributed by atoms with Crippen LogP contribution in [0.5, 0.6) is 0 Å². The van der Waals surface area contributed by atoms with Gasteiger partial charge in [0.25, 0.3) is 5.91 Å². The number of rotatable bonds is 5. The van der Waals surface area contributed by atoms with Gasteiger partial charge in [0.2, 0.25) is 5.95 Å². The highest BCUT2D eigenvalue weighted by Gasteiger charge is 2.22. The van der Waals surface area contributed by atoms with Crippen LogP contribution in [0.4, 0.5) is 17.3 Å². The van der Waals surface area contributed by atoms with Crippen molar-refractivity contribution in [2.24, 2.45) is 0 Å². The smallest absolute Gasteiger partial charge is 0.274 e. The van der Waals surface area contributed by atoms with E-state index in [-0.39, 0.29) is 5.91 Å². The second-order valence-electron chi connectivity index (χ2n) is 6.25. The Morgan fingerprint density at radius 2 is 1.96 bits per heavy atom. The number of carbonyl (C=O) groups is 1. The van der Waals surface area contributed by atoms with E-state index in [1.807, 2.05) is 24.3 Å². The van der Waals surface area contributed by atoms with Gasteiger partial charge in [0.15, 0.2) is 0 Å². The molecule has 1 saturated heterocycles. The van der Waals surface area contributed by atoms with E-state index in [4.69, 9.17) is 4.74 Å². The third-order valence-corrected chi connectivity index (χ3v) is 4.30. The van der Waals surface area contributed by atoms with Crippen molar-refractivity contribution in [2.75, 3.05) is 41.8 Å². The van der Waals surface area contributed by atoms with Crippen LogP contribution in [0.3, 0.4) is 0 Å². The summed E-state index contributed by atoms with van der Waals surface area (Å²) < 4.78 is 5.41. The molecule has 0 atom stereocenters. The van der Waals surface area contributed by atoms with E-state index in [9.17, 15) is 4.79 Å². The van der Waals surface area contributed by atoms with Crippen LogP contribution in [0.15, 0.2) is 36.5 Å². The number of nitrogens with one attached hydrogen (secondary N) is 2. The van der Waals surface area contributed by atoms with Crippen molar-refractivity contribution in [1.82, 2.24) is 9.97 Å². The van der Waals surface area contributed by atoms with E-state index >= 15 is 0 Å². The maximum Gasteiger partial charge on any atom is 0.274 e. The van der Waals surface area contributed by atoms with Crippen LogP contribution in [-0.2, 0) is 4.74 Å². The molecule has 25 heavy (non-hydrogen) atoms. The number of benzene rings is 1. The molecule has 7 heteroatoms. The normalized spacial score (nSPS) is 17.2. The second-order valence-corrected chi connectivity index (χ2v) is 6.25. The van der Waals surface area contributed by atoms with Crippen molar-refractivity contribution in [2.45, 2.75) is 18.9 Å². The molecular formula is C18H21N5O2. The van der Waals surface area contributed by atoms with E-state index in [2.05, 4.69) is 25.5 Å². The number of para-hydroxylation sites is 2. The molecule has 0 unspecified atom stereocenters. The first-order valence-corrected chi connectivity index (χ1v) is 8.62. The van der Waals surface area contributed by atoms with Crippen LogP contribution >= 0.6 is 0 Å². The first kappa shape index (κ1) is 15.8. The second kappa shape index (κ2) is 7.06. The molecule has 0 spiro atoms. The molecular weight excluding hydrogens is 318 g/mol. The van der Waals surface area contributed by atoms with Crippen molar-refractivity contribution >= 4 is 23.2 Å². The third-order valence-electron chi connectivity index (χ3n) is 4.30. The monoisotopic (exact) mass is 339 g/mol. The zero-order valence-electron chi connectivity index (χ0n) is 13.9. The lowest BCUT2D eigenvalue weighted by Crippen LogP contribution is -2.36. The van der Waals surface area contributed by atoms with Gasteiger partial charge in [0.05, 0.1) is 24.6 Å². The lowest BCUT2D eigenvalue weighted by atomic mass is 10.2. The highest BCUT2D eigenvalue weighted by Crippen LogP contribution is 2.27. The number of amides is 1. The van der Waals surface area contributed by atoms with Gasteiger partial charge in [-0.2, -0.15) is 0 Å². The molecule has 2 N–H and O–H groups in total. The Kier molecular flexibility index (Phi) is 4.47. The fourth-order valence-electron chi connectivity index (χ4n) is 2.81. The maximum absolute atomic E-state index is 12.6. The summed E-state index contributed by atoms with van der Waals surface area (Å²) in [7, 11) is 0. The van der Waals surface area contributed by atoms with Crippen LogP contribution in [0.25, 0.3) is 0 Å². The molecule has 1 aliphatic heterocycles. The topological polar surface area (TPSA) is 79.4 Å². The fourth-order valence-corrected chi connectivity index (χ4v) is 2.81. The molecule has 0 radical (unpaired) electrons. The van der Waals surface area contributed by atoms with Gasteiger partial charge in [-0.3, -0.25) is 4.79 Å². The quantitative estimate of drug-likeness (QED) is 0.869. The lowest BCUT2D eigenvalue weighted by molar-refractivity contribution is 0.102. The summed E-state index contributed by atoms with van der Waals surface area (Å²) >= 11 is 0. The number of hydrogen-bond acceptors (Lipinski definition) is 6. The predicted octanol–water partition coefficient (Wildman–Crippen LogP) is 2.14. The number of ether oxygens (including phenoxy) is 1. The van der Waals surface area contributed by atoms with E-state index in [1.165, 1.54) is 0 Å². The molecule has 7 nitrogen and oxygen atoms in total. The number of morpholine rings is 1. The zero-order chi connectivity index (χ0) is 17.1. The third kappa shape index (κ3) is 3.88. The zero-order valence-corrected chi connectivity index (χ0v) is 13.9. The summed E-state index contributed by atoms with van der Waals surface area (Å²) in [5, 5.41) is 6.19. The Morgan fingerprint density at radius 1 is 1.16 bits per heavy atom. The number of nitrogens with zero attached hydrogens (tertiary/aromatic N) is 3. The summed E-state index contributed by atoms with van der Waals surface area (Å²) in [6, 6.07) is 9.89. The molecule has 2 aromatic rings. The molecule has 2 aliphatic rings. The number of anilines is 3. The number of hydrogen-bond donors (Lipinski definition) is 2. The summed E-state index contributed by atoms with van der Waals surface area (Å²) in [6.07, 6.45) is 3.87. The first-order valence-electron chi connectivity index (χ1n) is 8.62. The highest BCUT2D eigenvalue weighted by atomic mass is 16.5. The average Bonchev–Trinajstić information content (AvgIpc) is 3.47. The van der Waals surface area contributed by atoms with Gasteiger partial charge in [0.1, 0.15) is 5.69 Å². The Labute approximate surface area is 146 Å². The van der Waals surface area contributed by atoms with Crippen molar-refractivity contribution in [3.63, 3.8) is 0 Å². The van der Waals surface area contributed by atoms with E-state index in [0.29, 0.717) is 30.9 Å². The van der Waals surface area contributed by atoms with Gasteiger partial charge in [0, 0.05) is 25.3 Å². The molecule has 0 bridgehead atoms. The molecule has 2 heterocycles. The van der Waals surface area contributed by atoms with Crippen molar-refractivity contribution in [1.29, 1.82) is 0 Å². The van der Waals surface area contributed by atoms with E-state index in [0.717, 1.165) is 37.3 Å². The Balaban J connectivity index is 1.50. The summed E-state index contributed by atoms with van der Waals surface area (Å²) in [5.41, 5.74) is 2.14. The molecule has 4 rings (SSSR count). The Morgan fingerprint density at radius 3 is 2.76 bits per heavy atom. The summed E-state index contributed by atoms with van der Waals surface area (Å²) in [5.74, 6) is 0.276. The first-order chi connectivity index (χ1) is 12.3. The number of aromatic nitrogens is 2. The maximum atomic E-state index is 12.6. The number of carbonyl (C=O) groups excluding carboxylic acids is 1. The van der Waals surface area contributed by atoms with Crippen molar-refractivity contribution < 1.29 is 9.53 Å². The predicted molar refractivity (Wildman–Crippen MR) is 96.1 cm³/mol. The van der Waals surface area contributed by atoms with Gasteiger partial charge < -0.3 is 20.3 Å².